The van der Waals surface area contributed by atoms with E-state index in [0.29, 0.717) is 11.3 Å². The number of carbonyl (C=O) groups is 1. The van der Waals surface area contributed by atoms with Crippen LogP contribution in [0.3, 0.4) is 0 Å². The van der Waals surface area contributed by atoms with Gasteiger partial charge in [-0.05, 0) is 54.9 Å². The molecule has 0 spiro atoms. The van der Waals surface area contributed by atoms with Crippen molar-refractivity contribution in [2.24, 2.45) is 0 Å². The molecule has 0 fully saturated rings. The van der Waals surface area contributed by atoms with Gasteiger partial charge in [0.05, 0.1) is 5.69 Å². The Kier molecular flexibility index (Phi) is 4.49. The summed E-state index contributed by atoms with van der Waals surface area (Å²) in [5.41, 5.74) is 5.22. The molecule has 1 aromatic heterocycles. The van der Waals surface area contributed by atoms with Gasteiger partial charge in [0.15, 0.2) is 5.69 Å². The average Bonchev–Trinajstić information content (AvgIpc) is 3.21. The number of hydrogen-bond donors (Lipinski definition) is 0. The molecule has 0 atom stereocenters. The lowest BCUT2D eigenvalue weighted by Gasteiger charge is -2.06. The molecule has 6 heteroatoms. The molecule has 0 saturated heterocycles. The molecule has 0 amide bonds. The Bertz CT molecular complexity index is 995. The summed E-state index contributed by atoms with van der Waals surface area (Å²) in [5.74, 6) is -0.784. The summed E-state index contributed by atoms with van der Waals surface area (Å²) in [6, 6.07) is 12.1. The summed E-state index contributed by atoms with van der Waals surface area (Å²) in [4.78, 5) is 14.7. The SMILES string of the molecule is Cc1cn(-c2ccc(F)cc2)nc1C(=O)OCc1ccc2c(c1)CN(C)C2. The number of rotatable bonds is 4. The molecule has 1 aliphatic heterocycles. The van der Waals surface area contributed by atoms with Gasteiger partial charge in [0.1, 0.15) is 12.4 Å². The molecule has 4 rings (SSSR count). The van der Waals surface area contributed by atoms with Crippen molar-refractivity contribution in [3.05, 3.63) is 82.4 Å². The zero-order valence-electron chi connectivity index (χ0n) is 15.3. The second kappa shape index (κ2) is 6.96. The Morgan fingerprint density at radius 2 is 1.89 bits per heavy atom. The Labute approximate surface area is 157 Å². The van der Waals surface area contributed by atoms with Crippen LogP contribution in [0, 0.1) is 12.7 Å². The third-order valence-electron chi connectivity index (χ3n) is 4.70. The van der Waals surface area contributed by atoms with Gasteiger partial charge in [0.2, 0.25) is 0 Å². The molecule has 0 N–H and O–H groups in total. The molecule has 0 saturated carbocycles. The summed E-state index contributed by atoms with van der Waals surface area (Å²) in [7, 11) is 2.08. The van der Waals surface area contributed by atoms with Crippen LogP contribution >= 0.6 is 0 Å². The van der Waals surface area contributed by atoms with Gasteiger partial charge >= 0.3 is 5.97 Å². The van der Waals surface area contributed by atoms with E-state index in [9.17, 15) is 9.18 Å². The van der Waals surface area contributed by atoms with E-state index in [1.807, 2.05) is 6.07 Å². The lowest BCUT2D eigenvalue weighted by Crippen LogP contribution is -2.08. The Morgan fingerprint density at radius 3 is 2.67 bits per heavy atom. The van der Waals surface area contributed by atoms with Crippen LogP contribution in [0.25, 0.3) is 5.69 Å². The number of halogens is 1. The summed E-state index contributed by atoms with van der Waals surface area (Å²) in [6.45, 7) is 3.88. The van der Waals surface area contributed by atoms with Crippen LogP contribution in [0.15, 0.2) is 48.7 Å². The Hall–Kier alpha value is -2.99. The highest BCUT2D eigenvalue weighted by Crippen LogP contribution is 2.23. The van der Waals surface area contributed by atoms with Crippen LogP contribution in [0.5, 0.6) is 0 Å². The molecule has 3 aromatic rings. The minimum atomic E-state index is -0.467. The molecule has 2 heterocycles. The summed E-state index contributed by atoms with van der Waals surface area (Å²) >= 11 is 0. The predicted octanol–water partition coefficient (Wildman–Crippen LogP) is 3.62. The van der Waals surface area contributed by atoms with Gasteiger partial charge in [0, 0.05) is 24.8 Å². The van der Waals surface area contributed by atoms with Crippen LogP contribution < -0.4 is 0 Å². The highest BCUT2D eigenvalue weighted by atomic mass is 19.1. The van der Waals surface area contributed by atoms with Gasteiger partial charge in [-0.3, -0.25) is 4.90 Å². The van der Waals surface area contributed by atoms with Crippen molar-refractivity contribution in [2.75, 3.05) is 7.05 Å². The van der Waals surface area contributed by atoms with Gasteiger partial charge in [0.25, 0.3) is 0 Å². The van der Waals surface area contributed by atoms with Crippen molar-refractivity contribution < 1.29 is 13.9 Å². The number of aromatic nitrogens is 2. The second-order valence-electron chi connectivity index (χ2n) is 6.93. The third-order valence-corrected chi connectivity index (χ3v) is 4.70. The fourth-order valence-electron chi connectivity index (χ4n) is 3.31. The summed E-state index contributed by atoms with van der Waals surface area (Å²) in [6.07, 6.45) is 1.73. The fourth-order valence-corrected chi connectivity index (χ4v) is 3.31. The molecule has 138 valence electrons. The van der Waals surface area contributed by atoms with Gasteiger partial charge in [-0.25, -0.2) is 13.9 Å². The lowest BCUT2D eigenvalue weighted by molar-refractivity contribution is 0.0464. The summed E-state index contributed by atoms with van der Waals surface area (Å²) < 4.78 is 20.1. The molecular formula is C21H20FN3O2. The average molecular weight is 365 g/mol. The molecular weight excluding hydrogens is 345 g/mol. The first-order valence-corrected chi connectivity index (χ1v) is 8.78. The highest BCUT2D eigenvalue weighted by molar-refractivity contribution is 5.88. The van der Waals surface area contributed by atoms with Gasteiger partial charge < -0.3 is 4.74 Å². The third kappa shape index (κ3) is 3.61. The zero-order chi connectivity index (χ0) is 19.0. The van der Waals surface area contributed by atoms with Crippen molar-refractivity contribution in [3.63, 3.8) is 0 Å². The first kappa shape index (κ1) is 17.4. The van der Waals surface area contributed by atoms with Crippen LogP contribution in [0.2, 0.25) is 0 Å². The first-order chi connectivity index (χ1) is 13.0. The first-order valence-electron chi connectivity index (χ1n) is 8.78. The van der Waals surface area contributed by atoms with Crippen molar-refractivity contribution in [1.29, 1.82) is 0 Å². The predicted molar refractivity (Wildman–Crippen MR) is 99.0 cm³/mol. The minimum absolute atomic E-state index is 0.207. The van der Waals surface area contributed by atoms with Crippen LogP contribution in [0.4, 0.5) is 4.39 Å². The summed E-state index contributed by atoms with van der Waals surface area (Å²) in [5, 5.41) is 4.30. The largest absolute Gasteiger partial charge is 0.456 e. The molecule has 0 bridgehead atoms. The van der Waals surface area contributed by atoms with Crippen molar-refractivity contribution in [2.45, 2.75) is 26.6 Å². The quantitative estimate of drug-likeness (QED) is 0.663. The molecule has 2 aromatic carbocycles. The number of nitrogens with zero attached hydrogens (tertiary/aromatic N) is 3. The molecule has 27 heavy (non-hydrogen) atoms. The minimum Gasteiger partial charge on any atom is -0.456 e. The maximum atomic E-state index is 13.1. The maximum Gasteiger partial charge on any atom is 0.359 e. The maximum absolute atomic E-state index is 13.1. The van der Waals surface area contributed by atoms with Gasteiger partial charge in [-0.2, -0.15) is 5.10 Å². The Balaban J connectivity index is 1.46. The fraction of sp³-hybridized carbons (Fsp3) is 0.238. The van der Waals surface area contributed by atoms with Crippen LogP contribution in [0.1, 0.15) is 32.7 Å². The van der Waals surface area contributed by atoms with Crippen molar-refractivity contribution in [3.8, 4) is 5.69 Å². The number of carbonyl (C=O) groups excluding carboxylic acids is 1. The molecule has 1 aliphatic rings. The van der Waals surface area contributed by atoms with E-state index in [2.05, 4.69) is 29.2 Å². The van der Waals surface area contributed by atoms with Gasteiger partial charge in [-0.1, -0.05) is 18.2 Å². The lowest BCUT2D eigenvalue weighted by atomic mass is 10.1. The number of hydrogen-bond acceptors (Lipinski definition) is 4. The van der Waals surface area contributed by atoms with E-state index in [1.54, 1.807) is 29.9 Å². The molecule has 0 unspecified atom stereocenters. The van der Waals surface area contributed by atoms with E-state index < -0.39 is 5.97 Å². The van der Waals surface area contributed by atoms with E-state index >= 15 is 0 Å². The monoisotopic (exact) mass is 365 g/mol. The number of ether oxygens (including phenoxy) is 1. The van der Waals surface area contributed by atoms with Crippen molar-refractivity contribution in [1.82, 2.24) is 14.7 Å². The highest BCUT2D eigenvalue weighted by Gasteiger charge is 2.18. The zero-order valence-corrected chi connectivity index (χ0v) is 15.3. The van der Waals surface area contributed by atoms with E-state index in [1.165, 1.54) is 23.3 Å². The molecule has 5 nitrogen and oxygen atoms in total. The molecule has 0 radical (unpaired) electrons. The second-order valence-corrected chi connectivity index (χ2v) is 6.93. The van der Waals surface area contributed by atoms with E-state index in [0.717, 1.165) is 18.7 Å². The standard InChI is InChI=1S/C21H20FN3O2/c1-14-10-25(19-7-5-18(22)6-8-19)23-20(14)21(26)27-13-15-3-4-16-11-24(2)12-17(16)9-15/h3-10H,11-13H2,1-2H3. The van der Waals surface area contributed by atoms with E-state index in [-0.39, 0.29) is 18.1 Å². The molecule has 0 aliphatic carbocycles. The number of fused-ring (bicyclic) bond motifs is 1. The Morgan fingerprint density at radius 1 is 1.15 bits per heavy atom. The smallest absolute Gasteiger partial charge is 0.359 e. The van der Waals surface area contributed by atoms with Crippen LogP contribution in [-0.2, 0) is 24.4 Å². The number of esters is 1. The number of benzene rings is 2. The number of aryl methyl sites for hydroxylation is 1. The van der Waals surface area contributed by atoms with Crippen LogP contribution in [-0.4, -0.2) is 27.7 Å². The van der Waals surface area contributed by atoms with E-state index in [4.69, 9.17) is 4.74 Å². The topological polar surface area (TPSA) is 47.4 Å². The van der Waals surface area contributed by atoms with Gasteiger partial charge in [-0.15, -0.1) is 0 Å². The normalized spacial score (nSPS) is 13.6. The van der Waals surface area contributed by atoms with Crippen molar-refractivity contribution >= 4 is 5.97 Å².